The SMILES string of the molecule is CCOC(=O)C1CCCN(C(C)C(=O)Nc2nc(-c3ccc(C)cc3)cs2)C1. The summed E-state index contributed by atoms with van der Waals surface area (Å²) in [6.45, 7) is 7.48. The molecule has 0 aliphatic carbocycles. The third-order valence-corrected chi connectivity index (χ3v) is 5.84. The first-order valence-corrected chi connectivity index (χ1v) is 10.6. The molecule has 1 aromatic carbocycles. The number of ether oxygens (including phenoxy) is 1. The first-order chi connectivity index (χ1) is 13.5. The van der Waals surface area contributed by atoms with Gasteiger partial charge in [-0.3, -0.25) is 14.5 Å². The largest absolute Gasteiger partial charge is 0.466 e. The van der Waals surface area contributed by atoms with Gasteiger partial charge in [-0.15, -0.1) is 11.3 Å². The normalized spacial score (nSPS) is 18.5. The molecule has 0 radical (unpaired) electrons. The van der Waals surface area contributed by atoms with Crippen LogP contribution in [0.3, 0.4) is 0 Å². The summed E-state index contributed by atoms with van der Waals surface area (Å²) < 4.78 is 5.14. The Morgan fingerprint density at radius 2 is 2.11 bits per heavy atom. The number of hydrogen-bond acceptors (Lipinski definition) is 6. The van der Waals surface area contributed by atoms with E-state index >= 15 is 0 Å². The number of thiazole rings is 1. The van der Waals surface area contributed by atoms with Crippen LogP contribution in [0.15, 0.2) is 29.6 Å². The molecule has 6 nitrogen and oxygen atoms in total. The van der Waals surface area contributed by atoms with Gasteiger partial charge in [-0.2, -0.15) is 0 Å². The average molecular weight is 402 g/mol. The molecule has 1 N–H and O–H groups in total. The summed E-state index contributed by atoms with van der Waals surface area (Å²) >= 11 is 1.42. The third kappa shape index (κ3) is 4.97. The van der Waals surface area contributed by atoms with Gasteiger partial charge < -0.3 is 10.1 Å². The van der Waals surface area contributed by atoms with E-state index < -0.39 is 0 Å². The van der Waals surface area contributed by atoms with Crippen LogP contribution in [0.5, 0.6) is 0 Å². The summed E-state index contributed by atoms with van der Waals surface area (Å²) in [6.07, 6.45) is 1.70. The van der Waals surface area contributed by atoms with Crippen LogP contribution in [0.1, 0.15) is 32.3 Å². The molecule has 2 unspecified atom stereocenters. The fourth-order valence-corrected chi connectivity index (χ4v) is 4.10. The molecular weight excluding hydrogens is 374 g/mol. The van der Waals surface area contributed by atoms with E-state index in [0.29, 0.717) is 18.3 Å². The second kappa shape index (κ2) is 9.30. The Kier molecular flexibility index (Phi) is 6.80. The molecule has 1 amide bonds. The minimum absolute atomic E-state index is 0.102. The number of nitrogens with one attached hydrogen (secondary N) is 1. The van der Waals surface area contributed by atoms with Crippen molar-refractivity contribution in [3.8, 4) is 11.3 Å². The minimum Gasteiger partial charge on any atom is -0.466 e. The van der Waals surface area contributed by atoms with Crippen LogP contribution in [0.4, 0.5) is 5.13 Å². The number of amides is 1. The molecule has 2 atom stereocenters. The quantitative estimate of drug-likeness (QED) is 0.747. The minimum atomic E-state index is -0.330. The van der Waals surface area contributed by atoms with E-state index in [1.54, 1.807) is 0 Å². The van der Waals surface area contributed by atoms with Crippen LogP contribution in [0.2, 0.25) is 0 Å². The van der Waals surface area contributed by atoms with Crippen molar-refractivity contribution in [3.05, 3.63) is 35.2 Å². The van der Waals surface area contributed by atoms with Gasteiger partial charge in [0.15, 0.2) is 5.13 Å². The number of nitrogens with zero attached hydrogens (tertiary/aromatic N) is 2. The third-order valence-electron chi connectivity index (χ3n) is 5.08. The van der Waals surface area contributed by atoms with Crippen molar-refractivity contribution >= 4 is 28.3 Å². The van der Waals surface area contributed by atoms with Gasteiger partial charge >= 0.3 is 5.97 Å². The van der Waals surface area contributed by atoms with E-state index in [0.717, 1.165) is 30.6 Å². The smallest absolute Gasteiger partial charge is 0.310 e. The number of aromatic nitrogens is 1. The summed E-state index contributed by atoms with van der Waals surface area (Å²) in [4.78, 5) is 31.3. The van der Waals surface area contributed by atoms with Crippen molar-refractivity contribution in [2.75, 3.05) is 25.0 Å². The second-order valence-corrected chi connectivity index (χ2v) is 8.01. The monoisotopic (exact) mass is 401 g/mol. The molecule has 1 saturated heterocycles. The fraction of sp³-hybridized carbons (Fsp3) is 0.476. The Hall–Kier alpha value is -2.25. The van der Waals surface area contributed by atoms with Gasteiger partial charge in [-0.1, -0.05) is 29.8 Å². The van der Waals surface area contributed by atoms with Crippen molar-refractivity contribution in [1.82, 2.24) is 9.88 Å². The fourth-order valence-electron chi connectivity index (χ4n) is 3.37. The van der Waals surface area contributed by atoms with Gasteiger partial charge in [0.25, 0.3) is 0 Å². The number of rotatable bonds is 6. The molecule has 1 aliphatic heterocycles. The zero-order valence-electron chi connectivity index (χ0n) is 16.6. The van der Waals surface area contributed by atoms with Gasteiger partial charge in [-0.25, -0.2) is 4.98 Å². The summed E-state index contributed by atoms with van der Waals surface area (Å²) in [5.41, 5.74) is 3.08. The molecule has 1 fully saturated rings. The predicted octanol–water partition coefficient (Wildman–Crippen LogP) is 3.72. The predicted molar refractivity (Wildman–Crippen MR) is 111 cm³/mol. The van der Waals surface area contributed by atoms with Crippen molar-refractivity contribution in [3.63, 3.8) is 0 Å². The maximum Gasteiger partial charge on any atom is 0.310 e. The van der Waals surface area contributed by atoms with E-state index in [9.17, 15) is 9.59 Å². The van der Waals surface area contributed by atoms with Crippen LogP contribution < -0.4 is 5.32 Å². The van der Waals surface area contributed by atoms with E-state index in [2.05, 4.69) is 15.2 Å². The highest BCUT2D eigenvalue weighted by Gasteiger charge is 2.31. The Morgan fingerprint density at radius 3 is 2.82 bits per heavy atom. The molecule has 2 heterocycles. The number of carbonyl (C=O) groups excluding carboxylic acids is 2. The lowest BCUT2D eigenvalue weighted by Gasteiger charge is -2.34. The number of esters is 1. The van der Waals surface area contributed by atoms with Gasteiger partial charge in [0.2, 0.25) is 5.91 Å². The zero-order chi connectivity index (χ0) is 20.1. The van der Waals surface area contributed by atoms with Gasteiger partial charge in [-0.05, 0) is 40.2 Å². The molecule has 2 aromatic rings. The highest BCUT2D eigenvalue weighted by Crippen LogP contribution is 2.26. The molecule has 7 heteroatoms. The van der Waals surface area contributed by atoms with Gasteiger partial charge in [0.1, 0.15) is 0 Å². The molecule has 1 aromatic heterocycles. The Labute approximate surface area is 169 Å². The Morgan fingerprint density at radius 1 is 1.36 bits per heavy atom. The molecule has 150 valence electrons. The highest BCUT2D eigenvalue weighted by molar-refractivity contribution is 7.14. The lowest BCUT2D eigenvalue weighted by atomic mass is 9.97. The lowest BCUT2D eigenvalue weighted by molar-refractivity contribution is -0.150. The number of carbonyl (C=O) groups is 2. The van der Waals surface area contributed by atoms with E-state index in [4.69, 9.17) is 4.74 Å². The van der Waals surface area contributed by atoms with E-state index in [-0.39, 0.29) is 23.8 Å². The molecular formula is C21H27N3O3S. The second-order valence-electron chi connectivity index (χ2n) is 7.16. The number of hydrogen-bond donors (Lipinski definition) is 1. The highest BCUT2D eigenvalue weighted by atomic mass is 32.1. The lowest BCUT2D eigenvalue weighted by Crippen LogP contribution is -2.48. The molecule has 28 heavy (non-hydrogen) atoms. The van der Waals surface area contributed by atoms with Gasteiger partial charge in [0, 0.05) is 17.5 Å². The van der Waals surface area contributed by atoms with E-state index in [1.165, 1.54) is 16.9 Å². The number of aryl methyl sites for hydroxylation is 1. The summed E-state index contributed by atoms with van der Waals surface area (Å²) in [5, 5.41) is 5.46. The first kappa shape index (κ1) is 20.5. The summed E-state index contributed by atoms with van der Waals surface area (Å²) in [7, 11) is 0. The average Bonchev–Trinajstić information content (AvgIpc) is 3.16. The maximum atomic E-state index is 12.7. The van der Waals surface area contributed by atoms with Crippen molar-refractivity contribution in [1.29, 1.82) is 0 Å². The van der Waals surface area contributed by atoms with Crippen LogP contribution >= 0.6 is 11.3 Å². The molecule has 0 saturated carbocycles. The van der Waals surface area contributed by atoms with Crippen molar-refractivity contribution < 1.29 is 14.3 Å². The van der Waals surface area contributed by atoms with Crippen LogP contribution in [-0.4, -0.2) is 47.5 Å². The van der Waals surface area contributed by atoms with Crippen LogP contribution in [0, 0.1) is 12.8 Å². The standard InChI is InChI=1S/C21H27N3O3S/c1-4-27-20(26)17-6-5-11-24(12-17)15(3)19(25)23-21-22-18(13-28-21)16-9-7-14(2)8-10-16/h7-10,13,15,17H,4-6,11-12H2,1-3H3,(H,22,23,25). The maximum absolute atomic E-state index is 12.7. The summed E-state index contributed by atoms with van der Waals surface area (Å²) in [5.74, 6) is -0.422. The van der Waals surface area contributed by atoms with Crippen LogP contribution in [-0.2, 0) is 14.3 Å². The Balaban J connectivity index is 1.59. The number of likely N-dealkylation sites (tertiary alicyclic amines) is 1. The molecule has 0 bridgehead atoms. The molecule has 1 aliphatic rings. The van der Waals surface area contributed by atoms with Crippen LogP contribution in [0.25, 0.3) is 11.3 Å². The number of piperidine rings is 1. The molecule has 0 spiro atoms. The van der Waals surface area contributed by atoms with Crippen molar-refractivity contribution in [2.24, 2.45) is 5.92 Å². The number of anilines is 1. The van der Waals surface area contributed by atoms with E-state index in [1.807, 2.05) is 50.4 Å². The summed E-state index contributed by atoms with van der Waals surface area (Å²) in [6, 6.07) is 7.82. The van der Waals surface area contributed by atoms with Gasteiger partial charge in [0.05, 0.1) is 24.3 Å². The zero-order valence-corrected chi connectivity index (χ0v) is 17.4. The number of benzene rings is 1. The first-order valence-electron chi connectivity index (χ1n) is 9.72. The topological polar surface area (TPSA) is 71.5 Å². The molecule has 3 rings (SSSR count). The Bertz CT molecular complexity index is 819. The van der Waals surface area contributed by atoms with Crippen molar-refractivity contribution in [2.45, 2.75) is 39.7 Å².